The minimum absolute atomic E-state index is 0.0794. The topological polar surface area (TPSA) is 99.2 Å². The van der Waals surface area contributed by atoms with E-state index in [0.29, 0.717) is 10.5 Å². The van der Waals surface area contributed by atoms with Crippen molar-refractivity contribution in [1.82, 2.24) is 0 Å². The first-order chi connectivity index (χ1) is 15.9. The molecule has 0 aromatic heterocycles. The standard InChI is InChI=1S/C21H19BrF3NO7S/c1-31-19(27)16(20(28)32-2)10-14-11-26(17-9-13(22)6-7-18(17)33-14)34(29,30)15-5-3-4-12(8-15)21(23,24)25/h3-9,14,16H,10-11H2,1-2H3/t14-/m0/s1. The molecule has 184 valence electrons. The summed E-state index contributed by atoms with van der Waals surface area (Å²) in [6, 6.07) is 7.85. The molecule has 8 nitrogen and oxygen atoms in total. The van der Waals surface area contributed by atoms with E-state index < -0.39 is 50.6 Å². The largest absolute Gasteiger partial charge is 0.486 e. The quantitative estimate of drug-likeness (QED) is 0.388. The van der Waals surface area contributed by atoms with Crippen LogP contribution in [-0.2, 0) is 35.3 Å². The zero-order chi connectivity index (χ0) is 25.3. The van der Waals surface area contributed by atoms with Crippen LogP contribution in [-0.4, -0.2) is 47.2 Å². The minimum atomic E-state index is -4.74. The monoisotopic (exact) mass is 565 g/mol. The highest BCUT2D eigenvalue weighted by molar-refractivity contribution is 9.10. The molecule has 0 radical (unpaired) electrons. The lowest BCUT2D eigenvalue weighted by molar-refractivity contribution is -0.160. The highest BCUT2D eigenvalue weighted by Gasteiger charge is 2.40. The molecular formula is C21H19BrF3NO7S. The van der Waals surface area contributed by atoms with Gasteiger partial charge in [0.1, 0.15) is 11.9 Å². The zero-order valence-corrected chi connectivity index (χ0v) is 20.2. The first-order valence-electron chi connectivity index (χ1n) is 9.70. The fourth-order valence-corrected chi connectivity index (χ4v) is 5.33. The first-order valence-corrected chi connectivity index (χ1v) is 11.9. The third kappa shape index (κ3) is 5.30. The van der Waals surface area contributed by atoms with Gasteiger partial charge in [0.2, 0.25) is 0 Å². The normalized spacial score (nSPS) is 16.0. The Labute approximate surface area is 201 Å². The molecule has 0 amide bonds. The van der Waals surface area contributed by atoms with Crippen LogP contribution in [0, 0.1) is 5.92 Å². The number of hydrogen-bond donors (Lipinski definition) is 0. The molecule has 0 unspecified atom stereocenters. The maximum Gasteiger partial charge on any atom is 0.416 e. The first kappa shape index (κ1) is 25.8. The van der Waals surface area contributed by atoms with Crippen LogP contribution in [0.5, 0.6) is 5.75 Å². The van der Waals surface area contributed by atoms with Gasteiger partial charge in [0.25, 0.3) is 10.0 Å². The van der Waals surface area contributed by atoms with Crippen LogP contribution >= 0.6 is 15.9 Å². The fourth-order valence-electron chi connectivity index (χ4n) is 3.43. The molecule has 0 aliphatic carbocycles. The van der Waals surface area contributed by atoms with Crippen LogP contribution in [0.15, 0.2) is 51.8 Å². The summed E-state index contributed by atoms with van der Waals surface area (Å²) in [5.74, 6) is -3.09. The Morgan fingerprint density at radius 1 is 1.15 bits per heavy atom. The second-order valence-electron chi connectivity index (χ2n) is 7.25. The molecule has 2 aromatic rings. The smallest absolute Gasteiger partial charge is 0.416 e. The molecule has 13 heteroatoms. The van der Waals surface area contributed by atoms with Crippen molar-refractivity contribution in [3.63, 3.8) is 0 Å². The average Bonchev–Trinajstić information content (AvgIpc) is 2.80. The lowest BCUT2D eigenvalue weighted by Crippen LogP contribution is -2.45. The Balaban J connectivity index is 2.05. The number of esters is 2. The van der Waals surface area contributed by atoms with Crippen molar-refractivity contribution in [2.24, 2.45) is 5.92 Å². The van der Waals surface area contributed by atoms with Crippen molar-refractivity contribution in [2.45, 2.75) is 23.6 Å². The third-order valence-electron chi connectivity index (χ3n) is 5.07. The fraction of sp³-hybridized carbons (Fsp3) is 0.333. The summed E-state index contributed by atoms with van der Waals surface area (Å²) in [5.41, 5.74) is -1.04. The van der Waals surface area contributed by atoms with Gasteiger partial charge in [-0.3, -0.25) is 13.9 Å². The van der Waals surface area contributed by atoms with Crippen LogP contribution in [0.4, 0.5) is 18.9 Å². The van der Waals surface area contributed by atoms with Gasteiger partial charge < -0.3 is 14.2 Å². The highest BCUT2D eigenvalue weighted by atomic mass is 79.9. The molecule has 1 heterocycles. The van der Waals surface area contributed by atoms with Gasteiger partial charge in [-0.1, -0.05) is 22.0 Å². The number of ether oxygens (including phenoxy) is 3. The van der Waals surface area contributed by atoms with Crippen molar-refractivity contribution < 1.29 is 45.4 Å². The van der Waals surface area contributed by atoms with E-state index in [2.05, 4.69) is 25.4 Å². The zero-order valence-electron chi connectivity index (χ0n) is 17.8. The van der Waals surface area contributed by atoms with Crippen LogP contribution in [0.25, 0.3) is 0 Å². The van der Waals surface area contributed by atoms with E-state index in [1.807, 2.05) is 0 Å². The highest BCUT2D eigenvalue weighted by Crippen LogP contribution is 2.40. The lowest BCUT2D eigenvalue weighted by Gasteiger charge is -2.36. The molecule has 3 rings (SSSR count). The number of rotatable bonds is 6. The summed E-state index contributed by atoms with van der Waals surface area (Å²) in [6.07, 6.45) is -6.05. The van der Waals surface area contributed by atoms with Gasteiger partial charge in [-0.25, -0.2) is 8.42 Å². The van der Waals surface area contributed by atoms with E-state index in [-0.39, 0.29) is 24.4 Å². The number of carbonyl (C=O) groups excluding carboxylic acids is 2. The van der Waals surface area contributed by atoms with Crippen LogP contribution in [0.2, 0.25) is 0 Å². The summed E-state index contributed by atoms with van der Waals surface area (Å²) >= 11 is 3.24. The summed E-state index contributed by atoms with van der Waals surface area (Å²) in [5, 5.41) is 0. The third-order valence-corrected chi connectivity index (χ3v) is 7.34. The van der Waals surface area contributed by atoms with E-state index in [1.54, 1.807) is 6.07 Å². The van der Waals surface area contributed by atoms with Crippen molar-refractivity contribution in [3.05, 3.63) is 52.5 Å². The Kier molecular flexibility index (Phi) is 7.46. The predicted octanol–water partition coefficient (Wildman–Crippen LogP) is 3.78. The van der Waals surface area contributed by atoms with Gasteiger partial charge in [0.05, 0.1) is 36.9 Å². The molecule has 1 aliphatic heterocycles. The van der Waals surface area contributed by atoms with Crippen molar-refractivity contribution in [1.29, 1.82) is 0 Å². The summed E-state index contributed by atoms with van der Waals surface area (Å²) < 4.78 is 83.0. The molecule has 1 aliphatic rings. The molecule has 1 atom stereocenters. The number of halogens is 4. The van der Waals surface area contributed by atoms with E-state index in [0.717, 1.165) is 36.7 Å². The van der Waals surface area contributed by atoms with Gasteiger partial charge in [-0.2, -0.15) is 13.2 Å². The second-order valence-corrected chi connectivity index (χ2v) is 10.0. The Hall–Kier alpha value is -2.80. The Bertz CT molecular complexity index is 1190. The number of carbonyl (C=O) groups is 2. The van der Waals surface area contributed by atoms with Crippen LogP contribution < -0.4 is 9.04 Å². The number of sulfonamides is 1. The summed E-state index contributed by atoms with van der Waals surface area (Å²) in [7, 11) is -2.33. The Morgan fingerprint density at radius 3 is 2.38 bits per heavy atom. The van der Waals surface area contributed by atoms with E-state index >= 15 is 0 Å². The van der Waals surface area contributed by atoms with Gasteiger partial charge in [-0.15, -0.1) is 0 Å². The summed E-state index contributed by atoms with van der Waals surface area (Å²) in [6.45, 7) is -0.382. The number of hydrogen-bond acceptors (Lipinski definition) is 7. The molecule has 0 N–H and O–H groups in total. The number of methoxy groups -OCH3 is 2. The number of anilines is 1. The van der Waals surface area contributed by atoms with Gasteiger partial charge in [0.15, 0.2) is 5.92 Å². The van der Waals surface area contributed by atoms with E-state index in [9.17, 15) is 31.2 Å². The maximum absolute atomic E-state index is 13.5. The van der Waals surface area contributed by atoms with Crippen molar-refractivity contribution in [3.8, 4) is 5.75 Å². The van der Waals surface area contributed by atoms with Gasteiger partial charge >= 0.3 is 18.1 Å². The lowest BCUT2D eigenvalue weighted by atomic mass is 10.0. The average molecular weight is 566 g/mol. The molecule has 0 bridgehead atoms. The number of benzene rings is 2. The summed E-state index contributed by atoms with van der Waals surface area (Å²) in [4.78, 5) is 23.6. The SMILES string of the molecule is COC(=O)C(C[C@H]1CN(S(=O)(=O)c2cccc(C(F)(F)F)c2)c2cc(Br)ccc2O1)C(=O)OC. The molecule has 0 saturated carbocycles. The molecular weight excluding hydrogens is 547 g/mol. The van der Waals surface area contributed by atoms with Gasteiger partial charge in [-0.05, 0) is 36.4 Å². The number of nitrogens with zero attached hydrogens (tertiary/aromatic N) is 1. The maximum atomic E-state index is 13.5. The van der Waals surface area contributed by atoms with Gasteiger partial charge in [0, 0.05) is 10.9 Å². The van der Waals surface area contributed by atoms with Crippen molar-refractivity contribution in [2.75, 3.05) is 25.1 Å². The van der Waals surface area contributed by atoms with Crippen LogP contribution in [0.3, 0.4) is 0 Å². The minimum Gasteiger partial charge on any atom is -0.486 e. The van der Waals surface area contributed by atoms with E-state index in [1.165, 1.54) is 12.1 Å². The molecule has 34 heavy (non-hydrogen) atoms. The molecule has 0 saturated heterocycles. The van der Waals surface area contributed by atoms with Crippen LogP contribution in [0.1, 0.15) is 12.0 Å². The molecule has 0 fully saturated rings. The number of fused-ring (bicyclic) bond motifs is 1. The molecule has 0 spiro atoms. The molecule has 2 aromatic carbocycles. The predicted molar refractivity (Wildman–Crippen MR) is 117 cm³/mol. The van der Waals surface area contributed by atoms with Crippen molar-refractivity contribution >= 4 is 43.6 Å². The second kappa shape index (κ2) is 9.82. The Morgan fingerprint density at radius 2 is 1.79 bits per heavy atom. The number of alkyl halides is 3. The van der Waals surface area contributed by atoms with E-state index in [4.69, 9.17) is 4.74 Å².